The Bertz CT molecular complexity index is 419. The van der Waals surface area contributed by atoms with Gasteiger partial charge in [-0.2, -0.15) is 0 Å². The van der Waals surface area contributed by atoms with E-state index < -0.39 is 0 Å². The van der Waals surface area contributed by atoms with Gasteiger partial charge in [0.25, 0.3) is 5.91 Å². The second-order valence-corrected chi connectivity index (χ2v) is 4.52. The molecule has 98 valence electrons. The zero-order chi connectivity index (χ0) is 13.0. The quantitative estimate of drug-likeness (QED) is 0.820. The maximum Gasteiger partial charge on any atom is 0.260 e. The van der Waals surface area contributed by atoms with Crippen molar-refractivity contribution in [2.45, 2.75) is 25.8 Å². The van der Waals surface area contributed by atoms with Crippen molar-refractivity contribution in [3.05, 3.63) is 24.3 Å². The highest BCUT2D eigenvalue weighted by Crippen LogP contribution is 2.26. The van der Waals surface area contributed by atoms with Crippen molar-refractivity contribution in [2.24, 2.45) is 0 Å². The molecule has 1 amide bonds. The molecule has 0 aromatic heterocycles. The summed E-state index contributed by atoms with van der Waals surface area (Å²) in [6, 6.07) is 7.69. The third-order valence-electron chi connectivity index (χ3n) is 3.29. The molecule has 1 saturated heterocycles. The van der Waals surface area contributed by atoms with Gasteiger partial charge in [-0.25, -0.2) is 0 Å². The van der Waals surface area contributed by atoms with Crippen molar-refractivity contribution >= 4 is 5.91 Å². The number of hydrogen-bond acceptors (Lipinski definition) is 3. The van der Waals surface area contributed by atoms with E-state index in [4.69, 9.17) is 9.47 Å². The maximum atomic E-state index is 12.0. The highest BCUT2D eigenvalue weighted by Gasteiger charge is 2.25. The van der Waals surface area contributed by atoms with Crippen LogP contribution in [0.4, 0.5) is 0 Å². The van der Waals surface area contributed by atoms with Gasteiger partial charge in [-0.05, 0) is 31.9 Å². The summed E-state index contributed by atoms with van der Waals surface area (Å²) in [5.74, 6) is 1.31. The minimum Gasteiger partial charge on any atom is -0.493 e. The molecule has 0 radical (unpaired) electrons. The van der Waals surface area contributed by atoms with Crippen LogP contribution in [0.5, 0.6) is 11.5 Å². The van der Waals surface area contributed by atoms with Crippen LogP contribution in [0.15, 0.2) is 24.3 Å². The number of carbonyl (C=O) groups excluding carboxylic acids is 1. The molecule has 0 N–H and O–H groups in total. The number of hydrogen-bond donors (Lipinski definition) is 0. The summed E-state index contributed by atoms with van der Waals surface area (Å²) in [7, 11) is 1.59. The summed E-state index contributed by atoms with van der Waals surface area (Å²) in [6.45, 7) is 2.99. The van der Waals surface area contributed by atoms with Gasteiger partial charge in [0.15, 0.2) is 18.1 Å². The fourth-order valence-electron chi connectivity index (χ4n) is 2.26. The Labute approximate surface area is 107 Å². The lowest BCUT2D eigenvalue weighted by Gasteiger charge is -2.21. The molecule has 1 aromatic rings. The summed E-state index contributed by atoms with van der Waals surface area (Å²) >= 11 is 0. The lowest BCUT2D eigenvalue weighted by Crippen LogP contribution is -2.37. The van der Waals surface area contributed by atoms with Crippen LogP contribution in [0.1, 0.15) is 19.8 Å². The Balaban J connectivity index is 1.93. The van der Waals surface area contributed by atoms with Gasteiger partial charge in [-0.3, -0.25) is 4.79 Å². The third kappa shape index (κ3) is 2.75. The molecule has 1 unspecified atom stereocenters. The molecule has 1 aliphatic heterocycles. The van der Waals surface area contributed by atoms with Crippen LogP contribution in [0.3, 0.4) is 0 Å². The average Bonchev–Trinajstić information content (AvgIpc) is 2.82. The molecule has 1 fully saturated rings. The normalized spacial score (nSPS) is 18.8. The van der Waals surface area contributed by atoms with Crippen molar-refractivity contribution in [1.82, 2.24) is 4.90 Å². The number of ether oxygens (including phenoxy) is 2. The predicted molar refractivity (Wildman–Crippen MR) is 68.9 cm³/mol. The van der Waals surface area contributed by atoms with E-state index in [1.165, 1.54) is 0 Å². The van der Waals surface area contributed by atoms with Crippen LogP contribution in [0.2, 0.25) is 0 Å². The lowest BCUT2D eigenvalue weighted by atomic mass is 10.2. The first-order valence-corrected chi connectivity index (χ1v) is 6.27. The van der Waals surface area contributed by atoms with Crippen LogP contribution < -0.4 is 9.47 Å². The van der Waals surface area contributed by atoms with Gasteiger partial charge in [0.05, 0.1) is 7.11 Å². The number of carbonyl (C=O) groups is 1. The Hall–Kier alpha value is -1.71. The monoisotopic (exact) mass is 249 g/mol. The lowest BCUT2D eigenvalue weighted by molar-refractivity contribution is -0.133. The minimum atomic E-state index is 0.0471. The van der Waals surface area contributed by atoms with Gasteiger partial charge in [0.1, 0.15) is 0 Å². The van der Waals surface area contributed by atoms with E-state index in [2.05, 4.69) is 6.92 Å². The smallest absolute Gasteiger partial charge is 0.260 e. The average molecular weight is 249 g/mol. The first kappa shape index (κ1) is 12.7. The van der Waals surface area contributed by atoms with Crippen molar-refractivity contribution in [3.8, 4) is 11.5 Å². The summed E-state index contributed by atoms with van der Waals surface area (Å²) in [5.41, 5.74) is 0. The number of nitrogens with zero attached hydrogens (tertiary/aromatic N) is 1. The Morgan fingerprint density at radius 1 is 1.39 bits per heavy atom. The summed E-state index contributed by atoms with van der Waals surface area (Å²) in [4.78, 5) is 13.9. The van der Waals surface area contributed by atoms with Gasteiger partial charge in [0, 0.05) is 12.6 Å². The van der Waals surface area contributed by atoms with Crippen molar-refractivity contribution in [1.29, 1.82) is 0 Å². The van der Waals surface area contributed by atoms with Crippen molar-refractivity contribution in [2.75, 3.05) is 20.3 Å². The Morgan fingerprint density at radius 2 is 2.11 bits per heavy atom. The highest BCUT2D eigenvalue weighted by atomic mass is 16.5. The van der Waals surface area contributed by atoms with Crippen LogP contribution in [0, 0.1) is 0 Å². The molecule has 0 spiro atoms. The SMILES string of the molecule is COc1ccccc1OCC(=O)N1CCCC1C. The summed E-state index contributed by atoms with van der Waals surface area (Å²) < 4.78 is 10.7. The molecule has 1 heterocycles. The Morgan fingerprint density at radius 3 is 2.72 bits per heavy atom. The molecule has 18 heavy (non-hydrogen) atoms. The highest BCUT2D eigenvalue weighted by molar-refractivity contribution is 5.78. The van der Waals surface area contributed by atoms with Crippen LogP contribution in [0.25, 0.3) is 0 Å². The summed E-state index contributed by atoms with van der Waals surface area (Å²) in [6.07, 6.45) is 2.17. The largest absolute Gasteiger partial charge is 0.493 e. The van der Waals surface area contributed by atoms with E-state index in [0.29, 0.717) is 17.5 Å². The van der Waals surface area contributed by atoms with E-state index in [0.717, 1.165) is 19.4 Å². The van der Waals surface area contributed by atoms with E-state index in [1.54, 1.807) is 13.2 Å². The molecule has 4 nitrogen and oxygen atoms in total. The Kier molecular flexibility index (Phi) is 4.07. The van der Waals surface area contributed by atoms with Crippen LogP contribution >= 0.6 is 0 Å². The molecule has 4 heteroatoms. The molecular formula is C14H19NO3. The first-order chi connectivity index (χ1) is 8.72. The number of para-hydroxylation sites is 2. The molecule has 1 atom stereocenters. The van der Waals surface area contributed by atoms with Crippen LogP contribution in [-0.4, -0.2) is 37.1 Å². The van der Waals surface area contributed by atoms with Crippen molar-refractivity contribution in [3.63, 3.8) is 0 Å². The molecule has 1 aromatic carbocycles. The second-order valence-electron chi connectivity index (χ2n) is 4.52. The zero-order valence-electron chi connectivity index (χ0n) is 10.9. The van der Waals surface area contributed by atoms with Crippen LogP contribution in [-0.2, 0) is 4.79 Å². The van der Waals surface area contributed by atoms with Gasteiger partial charge in [-0.15, -0.1) is 0 Å². The number of likely N-dealkylation sites (tertiary alicyclic amines) is 1. The molecular weight excluding hydrogens is 230 g/mol. The molecule has 0 saturated carbocycles. The molecule has 0 aliphatic carbocycles. The van der Waals surface area contributed by atoms with Gasteiger partial charge in [-0.1, -0.05) is 12.1 Å². The fraction of sp³-hybridized carbons (Fsp3) is 0.500. The standard InChI is InChI=1S/C14H19NO3/c1-11-6-5-9-15(11)14(16)10-18-13-8-4-3-7-12(13)17-2/h3-4,7-8,11H,5-6,9-10H2,1-2H3. The predicted octanol–water partition coefficient (Wildman–Crippen LogP) is 2.08. The summed E-state index contributed by atoms with van der Waals surface area (Å²) in [5, 5.41) is 0. The number of methoxy groups -OCH3 is 1. The van der Waals surface area contributed by atoms with E-state index >= 15 is 0 Å². The van der Waals surface area contributed by atoms with Gasteiger partial charge >= 0.3 is 0 Å². The molecule has 0 bridgehead atoms. The van der Waals surface area contributed by atoms with E-state index in [1.807, 2.05) is 23.1 Å². The fourth-order valence-corrected chi connectivity index (χ4v) is 2.26. The van der Waals surface area contributed by atoms with E-state index in [9.17, 15) is 4.79 Å². The van der Waals surface area contributed by atoms with Gasteiger partial charge < -0.3 is 14.4 Å². The number of rotatable bonds is 4. The molecule has 2 rings (SSSR count). The third-order valence-corrected chi connectivity index (χ3v) is 3.29. The molecule has 1 aliphatic rings. The van der Waals surface area contributed by atoms with Crippen molar-refractivity contribution < 1.29 is 14.3 Å². The number of amides is 1. The topological polar surface area (TPSA) is 38.8 Å². The minimum absolute atomic E-state index is 0.0471. The second kappa shape index (κ2) is 5.76. The first-order valence-electron chi connectivity index (χ1n) is 6.27. The zero-order valence-corrected chi connectivity index (χ0v) is 10.9. The number of benzene rings is 1. The maximum absolute atomic E-state index is 12.0. The van der Waals surface area contributed by atoms with E-state index in [-0.39, 0.29) is 12.5 Å². The van der Waals surface area contributed by atoms with Gasteiger partial charge in [0.2, 0.25) is 0 Å².